The van der Waals surface area contributed by atoms with Gasteiger partial charge in [0.05, 0.1) is 0 Å². The van der Waals surface area contributed by atoms with Crippen LogP contribution >= 0.6 is 0 Å². The minimum Gasteiger partial charge on any atom is -0.350 e. The van der Waals surface area contributed by atoms with Crippen LogP contribution in [0.1, 0.15) is 46.5 Å². The number of hydrogen-bond donors (Lipinski definition) is 1. The molecule has 0 atom stereocenters. The van der Waals surface area contributed by atoms with Crippen LogP contribution in [0, 0.1) is 13.8 Å². The van der Waals surface area contributed by atoms with E-state index in [0.29, 0.717) is 0 Å². The maximum Gasteiger partial charge on any atom is 0.251 e. The van der Waals surface area contributed by atoms with Crippen molar-refractivity contribution in [3.8, 4) is 0 Å². The Hall–Kier alpha value is -2.09. The van der Waals surface area contributed by atoms with Gasteiger partial charge in [-0.3, -0.25) is 4.79 Å². The van der Waals surface area contributed by atoms with Gasteiger partial charge in [0.25, 0.3) is 5.91 Å². The van der Waals surface area contributed by atoms with E-state index in [1.54, 1.807) is 0 Å². The Morgan fingerprint density at radius 1 is 1.00 bits per heavy atom. The van der Waals surface area contributed by atoms with E-state index >= 15 is 0 Å². The number of aryl methyl sites for hydroxylation is 4. The molecule has 0 aliphatic heterocycles. The van der Waals surface area contributed by atoms with E-state index < -0.39 is 0 Å². The minimum atomic E-state index is 0.00295. The molecule has 0 heterocycles. The normalized spacial score (nSPS) is 10.8. The summed E-state index contributed by atoms with van der Waals surface area (Å²) in [4.78, 5) is 12.0. The van der Waals surface area contributed by atoms with Crippen LogP contribution in [0.25, 0.3) is 0 Å². The first kappa shape index (κ1) is 16.3. The maximum atomic E-state index is 12.0. The molecule has 0 aliphatic carbocycles. The quantitative estimate of drug-likeness (QED) is 0.879. The fourth-order valence-corrected chi connectivity index (χ4v) is 2.50. The Bertz CT molecular complexity index is 641. The summed E-state index contributed by atoms with van der Waals surface area (Å²) in [6.07, 6.45) is 2.03. The first-order valence-corrected chi connectivity index (χ1v) is 7.91. The molecule has 2 aromatic rings. The van der Waals surface area contributed by atoms with Crippen LogP contribution in [-0.2, 0) is 12.8 Å². The third kappa shape index (κ3) is 4.45. The lowest BCUT2D eigenvalue weighted by Crippen LogP contribution is -2.30. The summed E-state index contributed by atoms with van der Waals surface area (Å²) in [7, 11) is 0. The SMILES string of the molecule is Cc1ccc(CCc2ccc(C(=O)NC(C)C)cc2C)cc1. The molecule has 0 unspecified atom stereocenters. The monoisotopic (exact) mass is 295 g/mol. The molecule has 2 rings (SSSR count). The number of carbonyl (C=O) groups excluding carboxylic acids is 1. The standard InChI is InChI=1S/C20H25NO/c1-14(2)21-20(22)19-12-11-18(16(4)13-19)10-9-17-7-5-15(3)6-8-17/h5-8,11-14H,9-10H2,1-4H3,(H,21,22). The predicted molar refractivity (Wildman–Crippen MR) is 92.4 cm³/mol. The third-order valence-electron chi connectivity index (χ3n) is 3.83. The molecular weight excluding hydrogens is 270 g/mol. The van der Waals surface area contributed by atoms with Crippen molar-refractivity contribution in [2.24, 2.45) is 0 Å². The average molecular weight is 295 g/mol. The summed E-state index contributed by atoms with van der Waals surface area (Å²) in [5.41, 5.74) is 5.88. The molecule has 2 heteroatoms. The van der Waals surface area contributed by atoms with Crippen LogP contribution in [0.2, 0.25) is 0 Å². The van der Waals surface area contributed by atoms with E-state index in [1.807, 2.05) is 26.0 Å². The van der Waals surface area contributed by atoms with Crippen LogP contribution in [0.15, 0.2) is 42.5 Å². The van der Waals surface area contributed by atoms with Crippen LogP contribution in [-0.4, -0.2) is 11.9 Å². The highest BCUT2D eigenvalue weighted by Crippen LogP contribution is 2.15. The van der Waals surface area contributed by atoms with Gasteiger partial charge in [-0.2, -0.15) is 0 Å². The van der Waals surface area contributed by atoms with Gasteiger partial charge in [-0.05, 0) is 69.4 Å². The van der Waals surface area contributed by atoms with Crippen molar-refractivity contribution in [2.45, 2.75) is 46.6 Å². The second-order valence-electron chi connectivity index (χ2n) is 6.26. The van der Waals surface area contributed by atoms with Gasteiger partial charge < -0.3 is 5.32 Å². The number of amides is 1. The van der Waals surface area contributed by atoms with Crippen molar-refractivity contribution < 1.29 is 4.79 Å². The fourth-order valence-electron chi connectivity index (χ4n) is 2.50. The fraction of sp³-hybridized carbons (Fsp3) is 0.350. The van der Waals surface area contributed by atoms with Gasteiger partial charge in [0.1, 0.15) is 0 Å². The molecule has 22 heavy (non-hydrogen) atoms. The smallest absolute Gasteiger partial charge is 0.251 e. The topological polar surface area (TPSA) is 29.1 Å². The van der Waals surface area contributed by atoms with Gasteiger partial charge >= 0.3 is 0 Å². The van der Waals surface area contributed by atoms with E-state index in [4.69, 9.17) is 0 Å². The molecule has 1 amide bonds. The Morgan fingerprint density at radius 2 is 1.68 bits per heavy atom. The molecule has 0 saturated carbocycles. The van der Waals surface area contributed by atoms with Crippen molar-refractivity contribution in [1.82, 2.24) is 5.32 Å². The summed E-state index contributed by atoms with van der Waals surface area (Å²) in [5.74, 6) is 0.00295. The molecule has 0 fully saturated rings. The summed E-state index contributed by atoms with van der Waals surface area (Å²) >= 11 is 0. The van der Waals surface area contributed by atoms with Crippen molar-refractivity contribution in [2.75, 3.05) is 0 Å². The van der Waals surface area contributed by atoms with Gasteiger partial charge in [0, 0.05) is 11.6 Å². The molecule has 0 aliphatic rings. The number of benzene rings is 2. The zero-order valence-electron chi connectivity index (χ0n) is 13.9. The van der Waals surface area contributed by atoms with E-state index in [1.165, 1.54) is 22.3 Å². The van der Waals surface area contributed by atoms with Gasteiger partial charge in [-0.15, -0.1) is 0 Å². The third-order valence-corrected chi connectivity index (χ3v) is 3.83. The zero-order valence-corrected chi connectivity index (χ0v) is 13.9. The highest BCUT2D eigenvalue weighted by atomic mass is 16.1. The summed E-state index contributed by atoms with van der Waals surface area (Å²) in [5, 5.41) is 2.93. The van der Waals surface area contributed by atoms with Crippen molar-refractivity contribution >= 4 is 5.91 Å². The Balaban J connectivity index is 2.03. The Kier molecular flexibility index (Phi) is 5.37. The molecule has 0 spiro atoms. The van der Waals surface area contributed by atoms with Gasteiger partial charge in [-0.1, -0.05) is 35.9 Å². The molecule has 1 N–H and O–H groups in total. The molecular formula is C20H25NO. The van der Waals surface area contributed by atoms with Crippen LogP contribution in [0.3, 0.4) is 0 Å². The minimum absolute atomic E-state index is 0.00295. The number of rotatable bonds is 5. The molecule has 0 saturated heterocycles. The molecule has 2 aromatic carbocycles. The van der Waals surface area contributed by atoms with E-state index in [0.717, 1.165) is 18.4 Å². The van der Waals surface area contributed by atoms with Crippen molar-refractivity contribution in [1.29, 1.82) is 0 Å². The lowest BCUT2D eigenvalue weighted by atomic mass is 9.98. The van der Waals surface area contributed by atoms with Gasteiger partial charge in [-0.25, -0.2) is 0 Å². The van der Waals surface area contributed by atoms with E-state index in [9.17, 15) is 4.79 Å². The number of hydrogen-bond acceptors (Lipinski definition) is 1. The Morgan fingerprint density at radius 3 is 2.27 bits per heavy atom. The first-order chi connectivity index (χ1) is 10.5. The van der Waals surface area contributed by atoms with Crippen LogP contribution in [0.4, 0.5) is 0 Å². The van der Waals surface area contributed by atoms with Gasteiger partial charge in [0.2, 0.25) is 0 Å². The van der Waals surface area contributed by atoms with Crippen molar-refractivity contribution in [3.63, 3.8) is 0 Å². The average Bonchev–Trinajstić information content (AvgIpc) is 2.47. The number of carbonyl (C=O) groups is 1. The van der Waals surface area contributed by atoms with E-state index in [2.05, 4.69) is 49.5 Å². The molecule has 0 aromatic heterocycles. The summed E-state index contributed by atoms with van der Waals surface area (Å²) in [6.45, 7) is 8.13. The molecule has 0 bridgehead atoms. The summed E-state index contributed by atoms with van der Waals surface area (Å²) < 4.78 is 0. The second-order valence-corrected chi connectivity index (χ2v) is 6.26. The predicted octanol–water partition coefficient (Wildman–Crippen LogP) is 4.23. The summed E-state index contributed by atoms with van der Waals surface area (Å²) in [6, 6.07) is 14.8. The number of nitrogens with one attached hydrogen (secondary N) is 1. The molecule has 0 radical (unpaired) electrons. The molecule has 2 nitrogen and oxygen atoms in total. The van der Waals surface area contributed by atoms with Crippen LogP contribution < -0.4 is 5.32 Å². The second kappa shape index (κ2) is 7.26. The highest BCUT2D eigenvalue weighted by Gasteiger charge is 2.08. The lowest BCUT2D eigenvalue weighted by molar-refractivity contribution is 0.0943. The largest absolute Gasteiger partial charge is 0.350 e. The Labute approximate surface area is 133 Å². The zero-order chi connectivity index (χ0) is 16.1. The van der Waals surface area contributed by atoms with E-state index in [-0.39, 0.29) is 11.9 Å². The first-order valence-electron chi connectivity index (χ1n) is 7.91. The van der Waals surface area contributed by atoms with Gasteiger partial charge in [0.15, 0.2) is 0 Å². The maximum absolute atomic E-state index is 12.0. The van der Waals surface area contributed by atoms with Crippen LogP contribution in [0.5, 0.6) is 0 Å². The van der Waals surface area contributed by atoms with Crippen molar-refractivity contribution in [3.05, 3.63) is 70.3 Å². The molecule has 116 valence electrons. The highest BCUT2D eigenvalue weighted by molar-refractivity contribution is 5.94. The lowest BCUT2D eigenvalue weighted by Gasteiger charge is -2.11.